The first-order valence-corrected chi connectivity index (χ1v) is 6.34. The lowest BCUT2D eigenvalue weighted by atomic mass is 10.1. The van der Waals surface area contributed by atoms with Crippen molar-refractivity contribution in [3.8, 4) is 6.07 Å². The maximum absolute atomic E-state index is 10.8. The second kappa shape index (κ2) is 7.27. The van der Waals surface area contributed by atoms with Crippen LogP contribution in [0, 0.1) is 11.3 Å². The summed E-state index contributed by atoms with van der Waals surface area (Å²) in [5.74, 6) is -0.977. The number of carboxylic acid groups (broad SMARTS) is 1. The van der Waals surface area contributed by atoms with Gasteiger partial charge in [-0.15, -0.1) is 0 Å². The molecule has 102 valence electrons. The van der Waals surface area contributed by atoms with E-state index in [0.717, 1.165) is 31.6 Å². The molecule has 1 aromatic rings. The summed E-state index contributed by atoms with van der Waals surface area (Å²) in [6, 6.07) is 6.91. The molecule has 0 atom stereocenters. The molecule has 0 heterocycles. The zero-order valence-electron chi connectivity index (χ0n) is 11.1. The number of nitrogens with zero attached hydrogens (tertiary/aromatic N) is 2. The number of unbranched alkanes of at least 4 members (excludes halogenated alkanes) is 2. The molecule has 0 aliphatic rings. The lowest BCUT2D eigenvalue weighted by Gasteiger charge is -2.24. The van der Waals surface area contributed by atoms with Gasteiger partial charge < -0.3 is 15.7 Å². The molecule has 0 aliphatic heterocycles. The zero-order valence-corrected chi connectivity index (χ0v) is 11.1. The third kappa shape index (κ3) is 4.18. The Morgan fingerprint density at radius 2 is 2.21 bits per heavy atom. The molecule has 3 N–H and O–H groups in total. The van der Waals surface area contributed by atoms with Crippen LogP contribution in [-0.2, 0) is 0 Å². The molecule has 0 amide bonds. The Balaban J connectivity index is 2.76. The first-order valence-electron chi connectivity index (χ1n) is 6.34. The molecule has 1 aromatic carbocycles. The van der Waals surface area contributed by atoms with E-state index in [1.54, 1.807) is 12.1 Å². The number of nitrogen functional groups attached to an aromatic ring is 1. The van der Waals surface area contributed by atoms with Crippen LogP contribution in [0.4, 0.5) is 11.4 Å². The molecule has 0 unspecified atom stereocenters. The van der Waals surface area contributed by atoms with Crippen molar-refractivity contribution in [2.24, 2.45) is 0 Å². The van der Waals surface area contributed by atoms with Gasteiger partial charge in [0.15, 0.2) is 0 Å². The van der Waals surface area contributed by atoms with Crippen LogP contribution in [-0.4, -0.2) is 24.2 Å². The number of nitrogens with two attached hydrogens (primary N) is 1. The van der Waals surface area contributed by atoms with E-state index in [4.69, 9.17) is 16.1 Å². The summed E-state index contributed by atoms with van der Waals surface area (Å²) in [6.45, 7) is 3.63. The summed E-state index contributed by atoms with van der Waals surface area (Å²) >= 11 is 0. The third-order valence-corrected chi connectivity index (χ3v) is 2.96. The van der Waals surface area contributed by atoms with Crippen LogP contribution < -0.4 is 10.6 Å². The van der Waals surface area contributed by atoms with E-state index in [0.29, 0.717) is 12.1 Å². The van der Waals surface area contributed by atoms with Gasteiger partial charge in [0.25, 0.3) is 0 Å². The molecule has 0 bridgehead atoms. The monoisotopic (exact) mass is 261 g/mol. The van der Waals surface area contributed by atoms with Gasteiger partial charge in [-0.1, -0.05) is 0 Å². The SMILES string of the molecule is CCN(CCCCC#N)c1ccc(C(=O)O)cc1N. The van der Waals surface area contributed by atoms with Gasteiger partial charge >= 0.3 is 5.97 Å². The van der Waals surface area contributed by atoms with E-state index in [9.17, 15) is 4.79 Å². The van der Waals surface area contributed by atoms with Crippen molar-refractivity contribution in [2.45, 2.75) is 26.2 Å². The third-order valence-electron chi connectivity index (χ3n) is 2.96. The van der Waals surface area contributed by atoms with Gasteiger partial charge in [-0.05, 0) is 38.0 Å². The summed E-state index contributed by atoms with van der Waals surface area (Å²) in [6.07, 6.45) is 2.34. The van der Waals surface area contributed by atoms with Crippen molar-refractivity contribution >= 4 is 17.3 Å². The molecule has 0 aromatic heterocycles. The summed E-state index contributed by atoms with van der Waals surface area (Å²) < 4.78 is 0. The molecule has 0 fully saturated rings. The minimum absolute atomic E-state index is 0.196. The predicted octanol–water partition coefficient (Wildman–Crippen LogP) is 2.49. The molecular weight excluding hydrogens is 242 g/mol. The number of benzene rings is 1. The number of carboxylic acids is 1. The zero-order chi connectivity index (χ0) is 14.3. The lowest BCUT2D eigenvalue weighted by Crippen LogP contribution is -2.25. The number of aromatic carboxylic acids is 1. The molecule has 1 rings (SSSR count). The van der Waals surface area contributed by atoms with Gasteiger partial charge in [-0.2, -0.15) is 5.26 Å². The van der Waals surface area contributed by atoms with Gasteiger partial charge in [-0.3, -0.25) is 0 Å². The van der Waals surface area contributed by atoms with E-state index >= 15 is 0 Å². The lowest BCUT2D eigenvalue weighted by molar-refractivity contribution is 0.0697. The van der Waals surface area contributed by atoms with E-state index in [1.165, 1.54) is 6.07 Å². The van der Waals surface area contributed by atoms with Crippen molar-refractivity contribution in [1.82, 2.24) is 0 Å². The molecule has 0 saturated heterocycles. The number of anilines is 2. The maximum atomic E-state index is 10.8. The van der Waals surface area contributed by atoms with Crippen LogP contribution in [0.5, 0.6) is 0 Å². The molecule has 5 nitrogen and oxygen atoms in total. The fourth-order valence-corrected chi connectivity index (χ4v) is 1.93. The van der Waals surface area contributed by atoms with Crippen molar-refractivity contribution < 1.29 is 9.90 Å². The molecule has 19 heavy (non-hydrogen) atoms. The standard InChI is InChI=1S/C14H19N3O2/c1-2-17(9-5-3-4-8-15)13-7-6-11(14(18)19)10-12(13)16/h6-7,10H,2-5,9,16H2,1H3,(H,18,19). The highest BCUT2D eigenvalue weighted by molar-refractivity contribution is 5.90. The fraction of sp³-hybridized carbons (Fsp3) is 0.429. The van der Waals surface area contributed by atoms with Crippen LogP contribution in [0.25, 0.3) is 0 Å². The number of carbonyl (C=O) groups is 1. The van der Waals surface area contributed by atoms with Gasteiger partial charge in [0.2, 0.25) is 0 Å². The Kier molecular flexibility index (Phi) is 5.68. The van der Waals surface area contributed by atoms with Crippen LogP contribution in [0.15, 0.2) is 18.2 Å². The minimum atomic E-state index is -0.977. The Morgan fingerprint density at radius 3 is 2.74 bits per heavy atom. The van der Waals surface area contributed by atoms with Gasteiger partial charge in [0, 0.05) is 19.5 Å². The maximum Gasteiger partial charge on any atom is 0.335 e. The Hall–Kier alpha value is -2.22. The minimum Gasteiger partial charge on any atom is -0.478 e. The largest absolute Gasteiger partial charge is 0.478 e. The van der Waals surface area contributed by atoms with E-state index in [2.05, 4.69) is 11.0 Å². The number of hydrogen-bond acceptors (Lipinski definition) is 4. The topological polar surface area (TPSA) is 90.3 Å². The van der Waals surface area contributed by atoms with Gasteiger partial charge in [0.1, 0.15) is 0 Å². The van der Waals surface area contributed by atoms with Crippen LogP contribution in [0.3, 0.4) is 0 Å². The summed E-state index contributed by atoms with van der Waals surface area (Å²) in [7, 11) is 0. The van der Waals surface area contributed by atoms with E-state index in [-0.39, 0.29) is 5.56 Å². The Labute approximate surface area is 113 Å². The Bertz CT molecular complexity index is 480. The normalized spacial score (nSPS) is 9.89. The molecule has 5 heteroatoms. The second-order valence-electron chi connectivity index (χ2n) is 4.27. The van der Waals surface area contributed by atoms with Gasteiger partial charge in [0.05, 0.1) is 23.0 Å². The molecule has 0 aliphatic carbocycles. The highest BCUT2D eigenvalue weighted by Crippen LogP contribution is 2.24. The van der Waals surface area contributed by atoms with Gasteiger partial charge in [-0.25, -0.2) is 4.79 Å². The number of hydrogen-bond donors (Lipinski definition) is 2. The molecule has 0 saturated carbocycles. The van der Waals surface area contributed by atoms with Crippen molar-refractivity contribution in [3.63, 3.8) is 0 Å². The average Bonchev–Trinajstić information content (AvgIpc) is 2.39. The summed E-state index contributed by atoms with van der Waals surface area (Å²) in [5.41, 5.74) is 7.43. The molecular formula is C14H19N3O2. The average molecular weight is 261 g/mol. The van der Waals surface area contributed by atoms with Crippen LogP contribution in [0.1, 0.15) is 36.5 Å². The number of nitriles is 1. The van der Waals surface area contributed by atoms with E-state index < -0.39 is 5.97 Å². The van der Waals surface area contributed by atoms with Crippen molar-refractivity contribution in [3.05, 3.63) is 23.8 Å². The number of rotatable bonds is 7. The van der Waals surface area contributed by atoms with E-state index in [1.807, 2.05) is 6.92 Å². The highest BCUT2D eigenvalue weighted by atomic mass is 16.4. The van der Waals surface area contributed by atoms with Crippen molar-refractivity contribution in [1.29, 1.82) is 5.26 Å². The van der Waals surface area contributed by atoms with Crippen LogP contribution in [0.2, 0.25) is 0 Å². The smallest absolute Gasteiger partial charge is 0.335 e. The summed E-state index contributed by atoms with van der Waals surface area (Å²) in [5, 5.41) is 17.4. The van der Waals surface area contributed by atoms with Crippen molar-refractivity contribution in [2.75, 3.05) is 23.7 Å². The molecule has 0 radical (unpaired) electrons. The summed E-state index contributed by atoms with van der Waals surface area (Å²) in [4.78, 5) is 12.9. The van der Waals surface area contributed by atoms with Crippen LogP contribution >= 0.6 is 0 Å². The first kappa shape index (κ1) is 14.8. The Morgan fingerprint density at radius 1 is 1.47 bits per heavy atom. The molecule has 0 spiro atoms. The second-order valence-corrected chi connectivity index (χ2v) is 4.27. The fourth-order valence-electron chi connectivity index (χ4n) is 1.93. The highest BCUT2D eigenvalue weighted by Gasteiger charge is 2.11. The quantitative estimate of drug-likeness (QED) is 0.581. The predicted molar refractivity (Wildman–Crippen MR) is 75.2 cm³/mol. The first-order chi connectivity index (χ1) is 9.10.